The maximum Gasteiger partial charge on any atom is 0.160 e. The lowest BCUT2D eigenvalue weighted by Crippen LogP contribution is -2.25. The first kappa shape index (κ1) is 25.4. The third kappa shape index (κ3) is 4.31. The standard InChI is InChI=1S/C37H26N4O/c1-37(2)29-17-9-15-26(22-38)34(29)42-35-28(16-10-18-30(35)37)31-20-19-27(23-39-31)33-21-32(24-11-5-3-6-12-24)40-36(41-33)25-13-7-4-8-14-25/h3-21,23H,1-2H3. The van der Waals surface area contributed by atoms with Gasteiger partial charge in [0.05, 0.1) is 22.6 Å². The van der Waals surface area contributed by atoms with Gasteiger partial charge in [-0.1, -0.05) is 98.8 Å². The predicted molar refractivity (Wildman–Crippen MR) is 165 cm³/mol. The normalized spacial score (nSPS) is 12.9. The second-order valence-electron chi connectivity index (χ2n) is 10.8. The molecular weight excluding hydrogens is 516 g/mol. The largest absolute Gasteiger partial charge is 0.455 e. The third-order valence-electron chi connectivity index (χ3n) is 7.86. The first-order valence-corrected chi connectivity index (χ1v) is 13.8. The van der Waals surface area contributed by atoms with Crippen LogP contribution in [0, 0.1) is 11.3 Å². The zero-order valence-electron chi connectivity index (χ0n) is 23.2. The molecule has 0 atom stereocenters. The summed E-state index contributed by atoms with van der Waals surface area (Å²) in [5.74, 6) is 2.01. The summed E-state index contributed by atoms with van der Waals surface area (Å²) in [4.78, 5) is 14.7. The molecule has 42 heavy (non-hydrogen) atoms. The SMILES string of the molecule is CC1(C)c2cccc(C#N)c2Oc2c(-c3ccc(-c4cc(-c5ccccc5)nc(-c5ccccc5)n4)cn3)cccc21. The fraction of sp³-hybridized carbons (Fsp3) is 0.0811. The Balaban J connectivity index is 1.31. The maximum absolute atomic E-state index is 9.77. The van der Waals surface area contributed by atoms with Crippen LogP contribution in [0.3, 0.4) is 0 Å². The number of pyridine rings is 1. The summed E-state index contributed by atoms with van der Waals surface area (Å²) in [6, 6.07) is 40.4. The highest BCUT2D eigenvalue weighted by Gasteiger charge is 2.36. The van der Waals surface area contributed by atoms with Gasteiger partial charge in [0.1, 0.15) is 17.6 Å². The number of rotatable bonds is 4. The van der Waals surface area contributed by atoms with E-state index in [-0.39, 0.29) is 5.41 Å². The van der Waals surface area contributed by atoms with E-state index in [1.807, 2.05) is 97.2 Å². The molecule has 0 aliphatic carbocycles. The van der Waals surface area contributed by atoms with Gasteiger partial charge in [-0.15, -0.1) is 0 Å². The number of aromatic nitrogens is 3. The van der Waals surface area contributed by atoms with Gasteiger partial charge in [0.25, 0.3) is 0 Å². The van der Waals surface area contributed by atoms with Gasteiger partial charge >= 0.3 is 0 Å². The molecule has 0 saturated carbocycles. The fourth-order valence-corrected chi connectivity index (χ4v) is 5.59. The molecule has 200 valence electrons. The maximum atomic E-state index is 9.77. The Morgan fingerprint density at radius 1 is 0.619 bits per heavy atom. The minimum atomic E-state index is -0.339. The van der Waals surface area contributed by atoms with Crippen LogP contribution in [0.1, 0.15) is 30.5 Å². The number of fused-ring (bicyclic) bond motifs is 2. The molecule has 2 aromatic heterocycles. The molecule has 0 fully saturated rings. The van der Waals surface area contributed by atoms with E-state index in [0.29, 0.717) is 17.1 Å². The predicted octanol–water partition coefficient (Wildman–Crippen LogP) is 8.84. The molecule has 0 unspecified atom stereocenters. The van der Waals surface area contributed by atoms with Crippen LogP contribution in [0.2, 0.25) is 0 Å². The zero-order valence-corrected chi connectivity index (χ0v) is 23.2. The molecule has 0 amide bonds. The van der Waals surface area contributed by atoms with E-state index in [4.69, 9.17) is 19.7 Å². The van der Waals surface area contributed by atoms with E-state index < -0.39 is 0 Å². The van der Waals surface area contributed by atoms with Crippen LogP contribution in [-0.2, 0) is 5.41 Å². The number of hydrogen-bond donors (Lipinski definition) is 0. The van der Waals surface area contributed by atoms with Crippen molar-refractivity contribution in [1.82, 2.24) is 15.0 Å². The molecule has 1 aliphatic heterocycles. The summed E-state index contributed by atoms with van der Waals surface area (Å²) in [5.41, 5.74) is 8.41. The molecule has 0 bridgehead atoms. The molecule has 1 aliphatic rings. The second-order valence-corrected chi connectivity index (χ2v) is 10.8. The van der Waals surface area contributed by atoms with Crippen molar-refractivity contribution in [2.45, 2.75) is 19.3 Å². The zero-order chi connectivity index (χ0) is 28.7. The molecule has 4 aromatic carbocycles. The number of para-hydroxylation sites is 2. The van der Waals surface area contributed by atoms with Gasteiger partial charge in [0.2, 0.25) is 0 Å². The first-order valence-electron chi connectivity index (χ1n) is 13.8. The molecule has 0 saturated heterocycles. The first-order chi connectivity index (χ1) is 20.5. The molecule has 0 N–H and O–H groups in total. The molecule has 0 spiro atoms. The van der Waals surface area contributed by atoms with Gasteiger partial charge in [-0.25, -0.2) is 9.97 Å². The highest BCUT2D eigenvalue weighted by Crippen LogP contribution is 2.51. The molecule has 3 heterocycles. The van der Waals surface area contributed by atoms with Crippen LogP contribution >= 0.6 is 0 Å². The Bertz CT molecular complexity index is 1920. The van der Waals surface area contributed by atoms with Crippen LogP contribution < -0.4 is 4.74 Å². The van der Waals surface area contributed by atoms with Gasteiger partial charge in [-0.3, -0.25) is 4.98 Å². The average molecular weight is 543 g/mol. The summed E-state index contributed by atoms with van der Waals surface area (Å²) in [6.07, 6.45) is 1.85. The van der Waals surface area contributed by atoms with E-state index in [9.17, 15) is 5.26 Å². The fourth-order valence-electron chi connectivity index (χ4n) is 5.59. The highest BCUT2D eigenvalue weighted by atomic mass is 16.5. The van der Waals surface area contributed by atoms with Crippen molar-refractivity contribution in [3.8, 4) is 62.7 Å². The van der Waals surface area contributed by atoms with E-state index in [2.05, 4.69) is 38.1 Å². The smallest absolute Gasteiger partial charge is 0.160 e. The van der Waals surface area contributed by atoms with Gasteiger partial charge in [0.15, 0.2) is 5.82 Å². The molecule has 0 radical (unpaired) electrons. The van der Waals surface area contributed by atoms with Crippen molar-refractivity contribution < 1.29 is 4.74 Å². The highest BCUT2D eigenvalue weighted by molar-refractivity contribution is 5.77. The Hall–Kier alpha value is -5.60. The number of benzene rings is 4. The molecule has 6 aromatic rings. The van der Waals surface area contributed by atoms with Gasteiger partial charge in [-0.05, 0) is 30.3 Å². The minimum Gasteiger partial charge on any atom is -0.455 e. The quantitative estimate of drug-likeness (QED) is 0.222. The monoisotopic (exact) mass is 542 g/mol. The van der Waals surface area contributed by atoms with Crippen molar-refractivity contribution in [2.75, 3.05) is 0 Å². The van der Waals surface area contributed by atoms with E-state index in [1.54, 1.807) is 6.07 Å². The summed E-state index contributed by atoms with van der Waals surface area (Å²) >= 11 is 0. The molecule has 5 nitrogen and oxygen atoms in total. The van der Waals surface area contributed by atoms with Crippen LogP contribution in [-0.4, -0.2) is 15.0 Å². The lowest BCUT2D eigenvalue weighted by molar-refractivity contribution is 0.418. The Kier molecular flexibility index (Phi) is 6.10. The van der Waals surface area contributed by atoms with Crippen molar-refractivity contribution in [3.63, 3.8) is 0 Å². The number of nitriles is 1. The Labute approximate surface area is 244 Å². The van der Waals surface area contributed by atoms with Gasteiger partial charge in [-0.2, -0.15) is 5.26 Å². The van der Waals surface area contributed by atoms with Crippen LogP contribution in [0.4, 0.5) is 0 Å². The van der Waals surface area contributed by atoms with Crippen LogP contribution in [0.15, 0.2) is 121 Å². The third-order valence-corrected chi connectivity index (χ3v) is 7.86. The van der Waals surface area contributed by atoms with Crippen molar-refractivity contribution in [2.24, 2.45) is 0 Å². The summed E-state index contributed by atoms with van der Waals surface area (Å²) in [6.45, 7) is 4.33. The summed E-state index contributed by atoms with van der Waals surface area (Å²) < 4.78 is 6.48. The van der Waals surface area contributed by atoms with Crippen LogP contribution in [0.25, 0.3) is 45.2 Å². The molecule has 5 heteroatoms. The summed E-state index contributed by atoms with van der Waals surface area (Å²) in [5, 5.41) is 9.77. The molecular formula is C37H26N4O. The topological polar surface area (TPSA) is 71.7 Å². The average Bonchev–Trinajstić information content (AvgIpc) is 3.05. The minimum absolute atomic E-state index is 0.339. The van der Waals surface area contributed by atoms with Crippen molar-refractivity contribution >= 4 is 0 Å². The summed E-state index contributed by atoms with van der Waals surface area (Å²) in [7, 11) is 0. The number of ether oxygens (including phenoxy) is 1. The van der Waals surface area contributed by atoms with Gasteiger partial charge < -0.3 is 4.74 Å². The second kappa shape index (κ2) is 10.1. The number of nitrogens with zero attached hydrogens (tertiary/aromatic N) is 4. The lowest BCUT2D eigenvalue weighted by atomic mass is 9.74. The lowest BCUT2D eigenvalue weighted by Gasteiger charge is -2.35. The van der Waals surface area contributed by atoms with Gasteiger partial charge in [0, 0.05) is 45.0 Å². The van der Waals surface area contributed by atoms with E-state index in [0.717, 1.165) is 56.2 Å². The number of hydrogen-bond acceptors (Lipinski definition) is 5. The van der Waals surface area contributed by atoms with E-state index in [1.165, 1.54) is 0 Å². The Morgan fingerprint density at radius 2 is 1.26 bits per heavy atom. The van der Waals surface area contributed by atoms with Crippen molar-refractivity contribution in [1.29, 1.82) is 5.26 Å². The van der Waals surface area contributed by atoms with E-state index >= 15 is 0 Å². The van der Waals surface area contributed by atoms with Crippen LogP contribution in [0.5, 0.6) is 11.5 Å². The molecule has 7 rings (SSSR count). The Morgan fingerprint density at radius 3 is 1.93 bits per heavy atom. The van der Waals surface area contributed by atoms with Crippen molar-refractivity contribution in [3.05, 3.63) is 138 Å².